The van der Waals surface area contributed by atoms with Gasteiger partial charge in [0.15, 0.2) is 5.72 Å². The van der Waals surface area contributed by atoms with Crippen molar-refractivity contribution >= 4 is 27.6 Å². The Morgan fingerprint density at radius 2 is 1.68 bits per heavy atom. The highest BCUT2D eigenvalue weighted by atomic mass is 32.2. The van der Waals surface area contributed by atoms with E-state index in [1.807, 2.05) is 0 Å². The molecule has 1 amide bonds. The van der Waals surface area contributed by atoms with Crippen LogP contribution in [0.1, 0.15) is 44.8 Å². The van der Waals surface area contributed by atoms with E-state index >= 15 is 0 Å². The molecule has 3 rings (SSSR count). The molecule has 3 aromatic rings. The summed E-state index contributed by atoms with van der Waals surface area (Å²) in [6.45, 7) is 1.01. The van der Waals surface area contributed by atoms with Crippen molar-refractivity contribution in [3.05, 3.63) is 101 Å². The van der Waals surface area contributed by atoms with E-state index in [0.717, 1.165) is 16.1 Å². The van der Waals surface area contributed by atoms with Crippen molar-refractivity contribution in [1.29, 1.82) is 0 Å². The molecule has 0 aliphatic heterocycles. The molecule has 0 bridgehead atoms. The topological polar surface area (TPSA) is 139 Å². The van der Waals surface area contributed by atoms with Crippen LogP contribution in [0.2, 0.25) is 0 Å². The van der Waals surface area contributed by atoms with E-state index in [0.29, 0.717) is 5.56 Å². The molecule has 4 N–H and O–H groups in total. The van der Waals surface area contributed by atoms with E-state index in [-0.39, 0.29) is 23.2 Å². The molecule has 0 radical (unpaired) electrons. The van der Waals surface area contributed by atoms with Gasteiger partial charge in [-0.25, -0.2) is 17.6 Å². The first kappa shape index (κ1) is 28.8. The number of anilines is 1. The Labute approximate surface area is 221 Å². The summed E-state index contributed by atoms with van der Waals surface area (Å²) in [4.78, 5) is 26.2. The summed E-state index contributed by atoms with van der Waals surface area (Å²) in [6, 6.07) is 17.8. The molecule has 0 spiro atoms. The second-order valence-corrected chi connectivity index (χ2v) is 11.0. The van der Waals surface area contributed by atoms with Crippen molar-refractivity contribution in [3.8, 4) is 0 Å². The van der Waals surface area contributed by atoms with Crippen molar-refractivity contribution in [2.75, 3.05) is 24.2 Å². The van der Waals surface area contributed by atoms with Crippen LogP contribution >= 0.6 is 0 Å². The van der Waals surface area contributed by atoms with E-state index < -0.39 is 46.1 Å². The van der Waals surface area contributed by atoms with Crippen LogP contribution < -0.4 is 15.4 Å². The average molecular weight is 544 g/mol. The Morgan fingerprint density at radius 3 is 2.26 bits per heavy atom. The lowest BCUT2D eigenvalue weighted by molar-refractivity contribution is -0.0435. The molecule has 2 atom stereocenters. The monoisotopic (exact) mass is 543 g/mol. The summed E-state index contributed by atoms with van der Waals surface area (Å²) in [5.74, 6) is -1.98. The number of nitrogens with two attached hydrogens (primary N) is 1. The molecule has 0 aliphatic carbocycles. The highest BCUT2D eigenvalue weighted by Crippen LogP contribution is 2.24. The highest BCUT2D eigenvalue weighted by molar-refractivity contribution is 7.92. The van der Waals surface area contributed by atoms with Gasteiger partial charge >= 0.3 is 5.97 Å². The van der Waals surface area contributed by atoms with Gasteiger partial charge in [0, 0.05) is 19.0 Å². The fraction of sp³-hybridized carbons (Fsp3) is 0.259. The van der Waals surface area contributed by atoms with E-state index in [2.05, 4.69) is 5.32 Å². The lowest BCUT2D eigenvalue weighted by Gasteiger charge is -2.28. The molecule has 9 nitrogen and oxygen atoms in total. The predicted molar refractivity (Wildman–Crippen MR) is 142 cm³/mol. The Bertz CT molecular complexity index is 1400. The summed E-state index contributed by atoms with van der Waals surface area (Å²) in [6.07, 6.45) is 0.992. The Balaban J connectivity index is 1.93. The number of aliphatic hydroxyl groups excluding tert-OH is 1. The van der Waals surface area contributed by atoms with Gasteiger partial charge in [0.05, 0.1) is 30.2 Å². The molecule has 0 aliphatic rings. The SMILES string of the molecule is C[C@@H](NC(=O)c1cc(C(=O)OC(N)(CO)Cc2ccccc2)cc(N(C)S(C)(=O)=O)c1)c1ccc(F)cc1. The average Bonchev–Trinajstić information content (AvgIpc) is 2.88. The van der Waals surface area contributed by atoms with Crippen molar-refractivity contribution in [3.63, 3.8) is 0 Å². The zero-order valence-electron chi connectivity index (χ0n) is 21.2. The molecule has 0 saturated carbocycles. The molecule has 1 unspecified atom stereocenters. The number of sulfonamides is 1. The predicted octanol–water partition coefficient (Wildman–Crippen LogP) is 2.76. The third-order valence-electron chi connectivity index (χ3n) is 5.90. The number of aliphatic hydroxyl groups is 1. The van der Waals surface area contributed by atoms with Gasteiger partial charge in [-0.15, -0.1) is 0 Å². The van der Waals surface area contributed by atoms with Gasteiger partial charge in [-0.3, -0.25) is 14.8 Å². The third-order valence-corrected chi connectivity index (χ3v) is 7.11. The van der Waals surface area contributed by atoms with E-state index in [1.54, 1.807) is 37.3 Å². The van der Waals surface area contributed by atoms with Gasteiger partial charge < -0.3 is 15.2 Å². The number of nitrogens with one attached hydrogen (secondary N) is 1. The smallest absolute Gasteiger partial charge is 0.340 e. The maximum Gasteiger partial charge on any atom is 0.340 e. The molecule has 3 aromatic carbocycles. The first-order valence-corrected chi connectivity index (χ1v) is 13.5. The second kappa shape index (κ2) is 11.7. The normalized spacial score (nSPS) is 13.7. The minimum atomic E-state index is -3.74. The Hall–Kier alpha value is -3.80. The van der Waals surface area contributed by atoms with E-state index in [9.17, 15) is 27.5 Å². The first-order valence-electron chi connectivity index (χ1n) is 11.6. The van der Waals surface area contributed by atoms with Crippen molar-refractivity contribution < 1.29 is 32.2 Å². The van der Waals surface area contributed by atoms with Gasteiger partial charge in [0.1, 0.15) is 5.82 Å². The number of rotatable bonds is 10. The van der Waals surface area contributed by atoms with Crippen LogP contribution in [0.4, 0.5) is 10.1 Å². The lowest BCUT2D eigenvalue weighted by Crippen LogP contribution is -2.50. The molecule has 0 saturated heterocycles. The van der Waals surface area contributed by atoms with Gasteiger partial charge in [-0.05, 0) is 48.4 Å². The number of carbonyl (C=O) groups is 2. The number of hydrogen-bond acceptors (Lipinski definition) is 7. The van der Waals surface area contributed by atoms with Gasteiger partial charge in [-0.1, -0.05) is 42.5 Å². The zero-order chi connectivity index (χ0) is 28.1. The summed E-state index contributed by atoms with van der Waals surface area (Å²) in [7, 11) is -2.47. The van der Waals surface area contributed by atoms with Crippen LogP contribution in [0.25, 0.3) is 0 Å². The molecular formula is C27H30FN3O6S. The maximum atomic E-state index is 13.3. The number of amides is 1. The van der Waals surface area contributed by atoms with E-state index in [4.69, 9.17) is 10.5 Å². The van der Waals surface area contributed by atoms with E-state index in [1.165, 1.54) is 49.5 Å². The highest BCUT2D eigenvalue weighted by Gasteiger charge is 2.31. The van der Waals surface area contributed by atoms with Crippen LogP contribution in [-0.2, 0) is 21.2 Å². The number of hydrogen-bond donors (Lipinski definition) is 3. The summed E-state index contributed by atoms with van der Waals surface area (Å²) < 4.78 is 44.0. The standard InChI is InChI=1S/C27H30FN3O6S/c1-18(20-9-11-23(28)12-10-20)30-25(33)21-13-22(15-24(14-21)31(2)38(3,35)36)26(34)37-27(29,17-32)16-19-7-5-4-6-8-19/h4-15,18,32H,16-17,29H2,1-3H3,(H,30,33)/t18-,27?/m1/s1. The number of halogens is 1. The minimum Gasteiger partial charge on any atom is -0.438 e. The maximum absolute atomic E-state index is 13.3. The molecule has 0 aromatic heterocycles. The van der Waals surface area contributed by atoms with Crippen molar-refractivity contribution in [2.24, 2.45) is 5.73 Å². The third kappa shape index (κ3) is 7.37. The molecule has 38 heavy (non-hydrogen) atoms. The fourth-order valence-electron chi connectivity index (χ4n) is 3.66. The second-order valence-electron chi connectivity index (χ2n) is 9.02. The summed E-state index contributed by atoms with van der Waals surface area (Å²) >= 11 is 0. The van der Waals surface area contributed by atoms with Crippen LogP contribution in [0.15, 0.2) is 72.8 Å². The van der Waals surface area contributed by atoms with Crippen LogP contribution in [0.3, 0.4) is 0 Å². The molecular weight excluding hydrogens is 513 g/mol. The summed E-state index contributed by atoms with van der Waals surface area (Å²) in [5, 5.41) is 12.6. The number of esters is 1. The lowest BCUT2D eigenvalue weighted by atomic mass is 10.0. The zero-order valence-corrected chi connectivity index (χ0v) is 22.0. The quantitative estimate of drug-likeness (QED) is 0.264. The fourth-order valence-corrected chi connectivity index (χ4v) is 4.15. The first-order chi connectivity index (χ1) is 17.8. The van der Waals surface area contributed by atoms with Crippen LogP contribution in [0.5, 0.6) is 0 Å². The Morgan fingerprint density at radius 1 is 1.08 bits per heavy atom. The van der Waals surface area contributed by atoms with Crippen LogP contribution in [0, 0.1) is 5.82 Å². The number of ether oxygens (including phenoxy) is 1. The Kier molecular flexibility index (Phi) is 8.87. The largest absolute Gasteiger partial charge is 0.438 e. The van der Waals surface area contributed by atoms with Gasteiger partial charge in [0.25, 0.3) is 5.91 Å². The minimum absolute atomic E-state index is 0.0154. The summed E-state index contributed by atoms with van der Waals surface area (Å²) in [5.41, 5.74) is 5.63. The van der Waals surface area contributed by atoms with Crippen molar-refractivity contribution in [1.82, 2.24) is 5.32 Å². The molecule has 202 valence electrons. The molecule has 11 heteroatoms. The number of carbonyl (C=O) groups excluding carboxylic acids is 2. The van der Waals surface area contributed by atoms with Crippen LogP contribution in [-0.4, -0.2) is 51.0 Å². The van der Waals surface area contributed by atoms with Crippen molar-refractivity contribution in [2.45, 2.75) is 25.1 Å². The van der Waals surface area contributed by atoms with Gasteiger partial charge in [0.2, 0.25) is 10.0 Å². The molecule has 0 fully saturated rings. The van der Waals surface area contributed by atoms with Gasteiger partial charge in [-0.2, -0.15) is 0 Å². The number of nitrogens with zero attached hydrogens (tertiary/aromatic N) is 1. The number of benzene rings is 3. The molecule has 0 heterocycles.